The maximum Gasteiger partial charge on any atom is 0.218 e. The van der Waals surface area contributed by atoms with Crippen molar-refractivity contribution in [2.45, 2.75) is 67.7 Å². The minimum Gasteiger partial charge on any atom is -0.330 e. The fourth-order valence-corrected chi connectivity index (χ4v) is 3.51. The van der Waals surface area contributed by atoms with Gasteiger partial charge in [0.15, 0.2) is 0 Å². The summed E-state index contributed by atoms with van der Waals surface area (Å²) in [5.41, 5.74) is 14.7. The molecule has 3 rings (SSSR count). The zero-order valence-electron chi connectivity index (χ0n) is 20.4. The number of aryl methyl sites for hydroxylation is 5. The highest BCUT2D eigenvalue weighted by Crippen LogP contribution is 2.27. The Hall–Kier alpha value is -2.72. The number of hydrogen-bond acceptors (Lipinski definition) is 3. The van der Waals surface area contributed by atoms with Crippen LogP contribution in [0.5, 0.6) is 0 Å². The van der Waals surface area contributed by atoms with Crippen molar-refractivity contribution in [3.8, 4) is 0 Å². The maximum absolute atomic E-state index is 11.0. The van der Waals surface area contributed by atoms with Crippen LogP contribution in [0.25, 0.3) is 10.9 Å². The third-order valence-electron chi connectivity index (χ3n) is 5.30. The number of hydrogen-bond donors (Lipinski definition) is 1. The smallest absolute Gasteiger partial charge is 0.218 e. The number of fused-ring (bicyclic) bond motifs is 1. The molecule has 0 amide bonds. The van der Waals surface area contributed by atoms with E-state index in [1.165, 1.54) is 38.8 Å². The molecule has 1 aromatic heterocycles. The molecule has 170 valence electrons. The summed E-state index contributed by atoms with van der Waals surface area (Å²) in [6, 6.07) is 10.7. The summed E-state index contributed by atoms with van der Waals surface area (Å²) in [5.74, 6) is 0. The van der Waals surface area contributed by atoms with Crippen LogP contribution in [0.2, 0.25) is 0 Å². The van der Waals surface area contributed by atoms with Crippen molar-refractivity contribution in [2.75, 3.05) is 6.54 Å². The Balaban J connectivity index is 0.000000582. The van der Waals surface area contributed by atoms with Crippen LogP contribution in [0.3, 0.4) is 0 Å². The van der Waals surface area contributed by atoms with E-state index in [4.69, 9.17) is 10.5 Å². The lowest BCUT2D eigenvalue weighted by Gasteiger charge is -2.13. The number of nitrogens with two attached hydrogens (primary N) is 1. The molecule has 1 heterocycles. The highest BCUT2D eigenvalue weighted by molar-refractivity contribution is 5.89. The molecule has 2 aromatic carbocycles. The summed E-state index contributed by atoms with van der Waals surface area (Å²) in [5, 5.41) is 1.17. The van der Waals surface area contributed by atoms with Gasteiger partial charge in [0.25, 0.3) is 0 Å². The molecule has 0 radical (unpaired) electrons. The predicted octanol–water partition coefficient (Wildman–Crippen LogP) is 5.89. The summed E-state index contributed by atoms with van der Waals surface area (Å²) in [6.45, 7) is 17.4. The van der Waals surface area contributed by atoms with E-state index >= 15 is 0 Å². The zero-order chi connectivity index (χ0) is 24.0. The van der Waals surface area contributed by atoms with Crippen molar-refractivity contribution < 1.29 is 9.59 Å². The Kier molecular flexibility index (Phi) is 13.8. The lowest BCUT2D eigenvalue weighted by atomic mass is 9.93. The fourth-order valence-electron chi connectivity index (χ4n) is 3.51. The number of carbonyl (C=O) groups is 2. The molecular formula is C27H40N2O2. The predicted molar refractivity (Wildman–Crippen MR) is 135 cm³/mol. The van der Waals surface area contributed by atoms with Crippen molar-refractivity contribution in [3.05, 3.63) is 69.9 Å². The number of carbonyl (C=O) groups excluding carboxylic acids is 2. The molecule has 4 heteroatoms. The summed E-state index contributed by atoms with van der Waals surface area (Å²) >= 11 is 0. The second kappa shape index (κ2) is 15.1. The third-order valence-corrected chi connectivity index (χ3v) is 5.30. The lowest BCUT2D eigenvalue weighted by Crippen LogP contribution is -2.04. The van der Waals surface area contributed by atoms with E-state index in [1.54, 1.807) is 4.57 Å². The van der Waals surface area contributed by atoms with Crippen molar-refractivity contribution in [1.29, 1.82) is 0 Å². The van der Waals surface area contributed by atoms with Crippen molar-refractivity contribution >= 4 is 24.1 Å². The van der Waals surface area contributed by atoms with Gasteiger partial charge in [-0.1, -0.05) is 44.5 Å². The summed E-state index contributed by atoms with van der Waals surface area (Å²) < 4.78 is 1.65. The maximum atomic E-state index is 11.0. The topological polar surface area (TPSA) is 65.1 Å². The molecule has 0 saturated carbocycles. The van der Waals surface area contributed by atoms with E-state index in [1.807, 2.05) is 32.9 Å². The van der Waals surface area contributed by atoms with Crippen LogP contribution in [-0.2, 0) is 22.4 Å². The van der Waals surface area contributed by atoms with E-state index in [-0.39, 0.29) is 0 Å². The van der Waals surface area contributed by atoms with Gasteiger partial charge in [-0.15, -0.1) is 0 Å². The second-order valence-corrected chi connectivity index (χ2v) is 7.23. The van der Waals surface area contributed by atoms with Gasteiger partial charge in [0.2, 0.25) is 6.41 Å². The van der Waals surface area contributed by atoms with Gasteiger partial charge in [-0.25, -0.2) is 0 Å². The van der Waals surface area contributed by atoms with Gasteiger partial charge in [0, 0.05) is 11.6 Å². The molecule has 0 bridgehead atoms. The first-order valence-electron chi connectivity index (χ1n) is 11.0. The largest absolute Gasteiger partial charge is 0.330 e. The lowest BCUT2D eigenvalue weighted by molar-refractivity contribution is -0.0979. The van der Waals surface area contributed by atoms with Gasteiger partial charge in [0.1, 0.15) is 6.79 Å². The Morgan fingerprint density at radius 3 is 2.13 bits per heavy atom. The van der Waals surface area contributed by atoms with Gasteiger partial charge >= 0.3 is 0 Å². The van der Waals surface area contributed by atoms with Crippen LogP contribution in [-0.4, -0.2) is 24.3 Å². The van der Waals surface area contributed by atoms with Crippen molar-refractivity contribution in [2.24, 2.45) is 5.73 Å². The molecule has 0 spiro atoms. The van der Waals surface area contributed by atoms with E-state index in [9.17, 15) is 4.79 Å². The van der Waals surface area contributed by atoms with Crippen LogP contribution in [0, 0.1) is 27.7 Å². The molecule has 0 aliphatic heterocycles. The van der Waals surface area contributed by atoms with E-state index in [0.717, 1.165) is 37.7 Å². The molecule has 0 fully saturated rings. The Morgan fingerprint density at radius 2 is 1.65 bits per heavy atom. The molecule has 0 aliphatic carbocycles. The first-order chi connectivity index (χ1) is 14.9. The van der Waals surface area contributed by atoms with E-state index in [2.05, 4.69) is 58.9 Å². The van der Waals surface area contributed by atoms with Crippen LogP contribution in [0.4, 0.5) is 0 Å². The molecule has 3 aromatic rings. The minimum absolute atomic E-state index is 0.718. The Morgan fingerprint density at radius 1 is 1.00 bits per heavy atom. The SMILES string of the molecule is C=O.CC.CCc1cc2c(ccn2C=O)c(C)c1CCCN.Cc1ccc(C)c(C)c1. The average molecular weight is 425 g/mol. The van der Waals surface area contributed by atoms with Gasteiger partial charge in [-0.2, -0.15) is 0 Å². The van der Waals surface area contributed by atoms with Crippen LogP contribution in [0.1, 0.15) is 60.6 Å². The molecule has 4 nitrogen and oxygen atoms in total. The average Bonchev–Trinajstić information content (AvgIpc) is 3.22. The first kappa shape index (κ1) is 28.3. The molecular weight excluding hydrogens is 384 g/mol. The zero-order valence-corrected chi connectivity index (χ0v) is 20.4. The highest BCUT2D eigenvalue weighted by Gasteiger charge is 2.11. The summed E-state index contributed by atoms with van der Waals surface area (Å²) in [6.07, 6.45) is 5.71. The van der Waals surface area contributed by atoms with E-state index < -0.39 is 0 Å². The van der Waals surface area contributed by atoms with Gasteiger partial charge in [0.05, 0.1) is 5.52 Å². The quantitative estimate of drug-likeness (QED) is 0.519. The fraction of sp³-hybridized carbons (Fsp3) is 0.407. The van der Waals surface area contributed by atoms with Gasteiger partial charge in [-0.05, 0) is 93.5 Å². The molecule has 2 N–H and O–H groups in total. The standard InChI is InChI=1S/C15H20N2O.C9H12.C2H6.CH2O/c1-3-12-9-15-14(6-8-17(15)10-18)11(2)13(12)5-4-7-16;1-7-4-5-8(2)9(3)6-7;2*1-2/h6,8-10H,3-5,7,16H2,1-2H3;4-6H,1-3H3;1-2H3;1H2. The van der Waals surface area contributed by atoms with E-state index in [0.29, 0.717) is 0 Å². The molecule has 0 atom stereocenters. The van der Waals surface area contributed by atoms with Crippen molar-refractivity contribution in [3.63, 3.8) is 0 Å². The highest BCUT2D eigenvalue weighted by atomic mass is 16.1. The van der Waals surface area contributed by atoms with Crippen LogP contribution in [0.15, 0.2) is 36.5 Å². The number of nitrogens with zero attached hydrogens (tertiary/aromatic N) is 1. The van der Waals surface area contributed by atoms with Crippen LogP contribution >= 0.6 is 0 Å². The monoisotopic (exact) mass is 424 g/mol. The summed E-state index contributed by atoms with van der Waals surface area (Å²) in [7, 11) is 0. The number of rotatable bonds is 5. The molecule has 0 saturated heterocycles. The summed E-state index contributed by atoms with van der Waals surface area (Å²) in [4.78, 5) is 19.0. The second-order valence-electron chi connectivity index (χ2n) is 7.23. The third kappa shape index (κ3) is 7.80. The molecule has 0 aliphatic rings. The number of benzene rings is 2. The van der Waals surface area contributed by atoms with Gasteiger partial charge in [-0.3, -0.25) is 9.36 Å². The number of aromatic nitrogens is 1. The molecule has 0 unspecified atom stereocenters. The normalized spacial score (nSPS) is 9.55. The first-order valence-corrected chi connectivity index (χ1v) is 11.0. The minimum atomic E-state index is 0.718. The van der Waals surface area contributed by atoms with Crippen LogP contribution < -0.4 is 5.73 Å². The Labute approximate surface area is 188 Å². The molecule has 31 heavy (non-hydrogen) atoms. The van der Waals surface area contributed by atoms with Crippen molar-refractivity contribution in [1.82, 2.24) is 4.57 Å². The van der Waals surface area contributed by atoms with Gasteiger partial charge < -0.3 is 10.5 Å². The Bertz CT molecular complexity index is 942.